The normalized spacial score (nSPS) is 9.75. The SMILES string of the molecule is CC(=O)[O-].CCCCCCCC[n+]1cccc(CC)c1. The molecule has 0 bridgehead atoms. The number of unbranched alkanes of at least 4 members (excludes halogenated alkanes) is 5. The molecule has 0 spiro atoms. The number of rotatable bonds is 8. The number of aliphatic carboxylic acids is 1. The summed E-state index contributed by atoms with van der Waals surface area (Å²) in [5, 5.41) is 8.89. The summed E-state index contributed by atoms with van der Waals surface area (Å²) in [4.78, 5) is 8.89. The molecule has 0 fully saturated rings. The van der Waals surface area contributed by atoms with Gasteiger partial charge in [0.15, 0.2) is 12.4 Å². The van der Waals surface area contributed by atoms with E-state index < -0.39 is 5.97 Å². The van der Waals surface area contributed by atoms with E-state index in [2.05, 4.69) is 42.9 Å². The van der Waals surface area contributed by atoms with Crippen molar-refractivity contribution in [3.05, 3.63) is 30.1 Å². The van der Waals surface area contributed by atoms with Crippen molar-refractivity contribution in [2.24, 2.45) is 0 Å². The zero-order valence-corrected chi connectivity index (χ0v) is 13.2. The maximum absolute atomic E-state index is 8.89. The molecule has 1 rings (SSSR count). The van der Waals surface area contributed by atoms with Gasteiger partial charge in [0.1, 0.15) is 6.54 Å². The van der Waals surface area contributed by atoms with Crippen LogP contribution in [0.25, 0.3) is 0 Å². The zero-order chi connectivity index (χ0) is 15.2. The van der Waals surface area contributed by atoms with Crippen LogP contribution in [0.15, 0.2) is 24.5 Å². The lowest BCUT2D eigenvalue weighted by atomic mass is 10.1. The minimum atomic E-state index is -1.08. The van der Waals surface area contributed by atoms with E-state index in [-0.39, 0.29) is 0 Å². The van der Waals surface area contributed by atoms with E-state index in [1.54, 1.807) is 0 Å². The summed E-state index contributed by atoms with van der Waals surface area (Å²) in [6, 6.07) is 4.37. The lowest BCUT2D eigenvalue weighted by molar-refractivity contribution is -0.697. The van der Waals surface area contributed by atoms with Crippen LogP contribution in [-0.4, -0.2) is 5.97 Å². The maximum atomic E-state index is 8.89. The van der Waals surface area contributed by atoms with Crippen LogP contribution in [0.4, 0.5) is 0 Å². The highest BCUT2D eigenvalue weighted by molar-refractivity contribution is 5.60. The monoisotopic (exact) mass is 279 g/mol. The second kappa shape index (κ2) is 12.6. The fourth-order valence-electron chi connectivity index (χ4n) is 2.00. The predicted molar refractivity (Wildman–Crippen MR) is 80.1 cm³/mol. The third kappa shape index (κ3) is 11.7. The van der Waals surface area contributed by atoms with Crippen LogP contribution in [0, 0.1) is 0 Å². The standard InChI is InChI=1S/C15H26N.C2H4O2/c1-3-5-6-7-8-9-12-16-13-10-11-15(4-2)14-16;1-2(3)4/h10-11,13-14H,3-9,12H2,1-2H3;1H3,(H,3,4)/q+1;/p-1. The molecule has 3 nitrogen and oxygen atoms in total. The topological polar surface area (TPSA) is 44.0 Å². The number of carbonyl (C=O) groups is 1. The van der Waals surface area contributed by atoms with Gasteiger partial charge < -0.3 is 9.90 Å². The summed E-state index contributed by atoms with van der Waals surface area (Å²) in [5.41, 5.74) is 1.44. The number of pyridine rings is 1. The average Bonchev–Trinajstić information content (AvgIpc) is 2.42. The molecule has 0 aliphatic heterocycles. The largest absolute Gasteiger partial charge is 0.550 e. The van der Waals surface area contributed by atoms with Gasteiger partial charge in [-0.2, -0.15) is 0 Å². The van der Waals surface area contributed by atoms with E-state index in [9.17, 15) is 0 Å². The van der Waals surface area contributed by atoms with Crippen molar-refractivity contribution >= 4 is 5.97 Å². The third-order valence-corrected chi connectivity index (χ3v) is 3.10. The van der Waals surface area contributed by atoms with Crippen LogP contribution < -0.4 is 9.67 Å². The van der Waals surface area contributed by atoms with E-state index in [1.807, 2.05) is 0 Å². The fourth-order valence-corrected chi connectivity index (χ4v) is 2.00. The molecule has 0 saturated heterocycles. The highest BCUT2D eigenvalue weighted by Crippen LogP contribution is 2.04. The summed E-state index contributed by atoms with van der Waals surface area (Å²) in [7, 11) is 0. The van der Waals surface area contributed by atoms with E-state index >= 15 is 0 Å². The highest BCUT2D eigenvalue weighted by atomic mass is 16.4. The molecular weight excluding hydrogens is 250 g/mol. The third-order valence-electron chi connectivity index (χ3n) is 3.10. The first kappa shape index (κ1) is 18.6. The van der Waals surface area contributed by atoms with Gasteiger partial charge in [-0.15, -0.1) is 0 Å². The second-order valence-corrected chi connectivity index (χ2v) is 5.06. The molecule has 1 heterocycles. The zero-order valence-electron chi connectivity index (χ0n) is 13.2. The molecule has 0 aliphatic carbocycles. The van der Waals surface area contributed by atoms with Gasteiger partial charge in [0.25, 0.3) is 0 Å². The summed E-state index contributed by atoms with van der Waals surface area (Å²) < 4.78 is 2.33. The van der Waals surface area contributed by atoms with Crippen LogP contribution >= 0.6 is 0 Å². The Morgan fingerprint density at radius 1 is 1.15 bits per heavy atom. The molecule has 0 N–H and O–H groups in total. The summed E-state index contributed by atoms with van der Waals surface area (Å²) in [6.07, 6.45) is 13.9. The molecule has 114 valence electrons. The summed E-state index contributed by atoms with van der Waals surface area (Å²) in [5.74, 6) is -1.08. The summed E-state index contributed by atoms with van der Waals surface area (Å²) >= 11 is 0. The Labute approximate surface area is 123 Å². The number of aryl methyl sites for hydroxylation is 2. The molecule has 0 aliphatic rings. The number of hydrogen-bond acceptors (Lipinski definition) is 2. The van der Waals surface area contributed by atoms with Crippen molar-refractivity contribution in [1.82, 2.24) is 0 Å². The number of hydrogen-bond donors (Lipinski definition) is 0. The van der Waals surface area contributed by atoms with Crippen molar-refractivity contribution < 1.29 is 14.5 Å². The molecule has 0 unspecified atom stereocenters. The molecule has 0 amide bonds. The Bertz CT molecular complexity index is 360. The highest BCUT2D eigenvalue weighted by Gasteiger charge is 2.00. The quantitative estimate of drug-likeness (QED) is 0.542. The first-order valence-electron chi connectivity index (χ1n) is 7.75. The average molecular weight is 279 g/mol. The molecule has 1 aromatic rings. The number of carboxylic acid groups (broad SMARTS) is 1. The second-order valence-electron chi connectivity index (χ2n) is 5.06. The Hall–Kier alpha value is -1.38. The molecular formula is C17H29NO2. The molecule has 20 heavy (non-hydrogen) atoms. The van der Waals surface area contributed by atoms with Crippen LogP contribution in [0.2, 0.25) is 0 Å². The van der Waals surface area contributed by atoms with Crippen molar-refractivity contribution in [2.45, 2.75) is 72.3 Å². The van der Waals surface area contributed by atoms with Crippen molar-refractivity contribution in [3.8, 4) is 0 Å². The molecule has 1 aromatic heterocycles. The molecule has 0 saturated carbocycles. The number of carbonyl (C=O) groups excluding carboxylic acids is 1. The van der Waals surface area contributed by atoms with Gasteiger partial charge in [-0.1, -0.05) is 39.5 Å². The van der Waals surface area contributed by atoms with Crippen LogP contribution in [0.5, 0.6) is 0 Å². The van der Waals surface area contributed by atoms with E-state index in [0.29, 0.717) is 0 Å². The van der Waals surface area contributed by atoms with Gasteiger partial charge in [-0.25, -0.2) is 4.57 Å². The predicted octanol–water partition coefficient (Wildman–Crippen LogP) is 2.65. The Kier molecular flexibility index (Phi) is 11.8. The molecule has 0 radical (unpaired) electrons. The molecule has 0 atom stereocenters. The number of aromatic nitrogens is 1. The minimum absolute atomic E-state index is 0.972. The van der Waals surface area contributed by atoms with Gasteiger partial charge in [-0.05, 0) is 25.8 Å². The van der Waals surface area contributed by atoms with Crippen molar-refractivity contribution in [3.63, 3.8) is 0 Å². The van der Waals surface area contributed by atoms with Gasteiger partial charge in [0, 0.05) is 24.0 Å². The van der Waals surface area contributed by atoms with Gasteiger partial charge in [-0.3, -0.25) is 0 Å². The molecule has 3 heteroatoms. The minimum Gasteiger partial charge on any atom is -0.550 e. The van der Waals surface area contributed by atoms with E-state index in [1.165, 1.54) is 50.6 Å². The van der Waals surface area contributed by atoms with Crippen LogP contribution in [0.1, 0.15) is 64.9 Å². The first-order valence-corrected chi connectivity index (χ1v) is 7.75. The Balaban J connectivity index is 0.000000796. The fraction of sp³-hybridized carbons (Fsp3) is 0.647. The Morgan fingerprint density at radius 3 is 2.35 bits per heavy atom. The van der Waals surface area contributed by atoms with E-state index in [0.717, 1.165) is 13.3 Å². The van der Waals surface area contributed by atoms with Crippen molar-refractivity contribution in [2.75, 3.05) is 0 Å². The van der Waals surface area contributed by atoms with Crippen LogP contribution in [-0.2, 0) is 17.8 Å². The van der Waals surface area contributed by atoms with Gasteiger partial charge in [0.05, 0.1) is 0 Å². The van der Waals surface area contributed by atoms with Gasteiger partial charge in [0.2, 0.25) is 0 Å². The summed E-state index contributed by atoms with van der Waals surface area (Å²) in [6.45, 7) is 6.64. The lowest BCUT2D eigenvalue weighted by Crippen LogP contribution is -2.33. The van der Waals surface area contributed by atoms with Crippen LogP contribution in [0.3, 0.4) is 0 Å². The number of nitrogens with zero attached hydrogens (tertiary/aromatic N) is 1. The first-order chi connectivity index (χ1) is 9.60. The smallest absolute Gasteiger partial charge is 0.171 e. The van der Waals surface area contributed by atoms with Crippen molar-refractivity contribution in [1.29, 1.82) is 0 Å². The van der Waals surface area contributed by atoms with Gasteiger partial charge >= 0.3 is 0 Å². The lowest BCUT2D eigenvalue weighted by Gasteiger charge is -2.00. The Morgan fingerprint density at radius 2 is 1.75 bits per heavy atom. The molecule has 0 aromatic carbocycles. The number of carboxylic acids is 1. The van der Waals surface area contributed by atoms with E-state index in [4.69, 9.17) is 9.90 Å². The maximum Gasteiger partial charge on any atom is 0.171 e.